The number of aromatic nitrogens is 2. The van der Waals surface area contributed by atoms with Crippen LogP contribution in [-0.4, -0.2) is 34.6 Å². The van der Waals surface area contributed by atoms with E-state index in [2.05, 4.69) is 26.2 Å². The molecule has 2 aromatic heterocycles. The monoisotopic (exact) mass is 425 g/mol. The number of pyridine rings is 2. The Balaban J connectivity index is 1.75. The molecule has 2 atom stereocenters. The summed E-state index contributed by atoms with van der Waals surface area (Å²) in [5.41, 5.74) is 2.98. The van der Waals surface area contributed by atoms with Crippen LogP contribution >= 0.6 is 15.9 Å². The number of nitrogens with one attached hydrogen (secondary N) is 1. The lowest BCUT2D eigenvalue weighted by molar-refractivity contribution is 0.0713. The van der Waals surface area contributed by atoms with Crippen LogP contribution in [0.25, 0.3) is 22.2 Å². The summed E-state index contributed by atoms with van der Waals surface area (Å²) in [7, 11) is 0. The lowest BCUT2D eigenvalue weighted by atomic mass is 10.0. The quantitative estimate of drug-likeness (QED) is 0.674. The van der Waals surface area contributed by atoms with Crippen molar-refractivity contribution in [1.82, 2.24) is 15.3 Å². The van der Waals surface area contributed by atoms with Crippen molar-refractivity contribution in [1.29, 1.82) is 0 Å². The molecule has 138 valence electrons. The largest absolute Gasteiger partial charge is 0.376 e. The highest BCUT2D eigenvalue weighted by molar-refractivity contribution is 9.10. The molecule has 1 N–H and O–H groups in total. The topological polar surface area (TPSA) is 64.1 Å². The van der Waals surface area contributed by atoms with E-state index in [0.29, 0.717) is 5.56 Å². The maximum Gasteiger partial charge on any atom is 0.252 e. The second-order valence-electron chi connectivity index (χ2n) is 6.77. The predicted molar refractivity (Wildman–Crippen MR) is 109 cm³/mol. The van der Waals surface area contributed by atoms with Crippen molar-refractivity contribution in [3.05, 3.63) is 58.8 Å². The van der Waals surface area contributed by atoms with Gasteiger partial charge in [-0.05, 0) is 56.2 Å². The van der Waals surface area contributed by atoms with Crippen LogP contribution < -0.4 is 5.32 Å². The van der Waals surface area contributed by atoms with Crippen molar-refractivity contribution in [2.75, 3.05) is 6.61 Å². The molecule has 1 fully saturated rings. The van der Waals surface area contributed by atoms with Crippen LogP contribution in [0.2, 0.25) is 0 Å². The Labute approximate surface area is 166 Å². The van der Waals surface area contributed by atoms with Gasteiger partial charge in [0.05, 0.1) is 28.9 Å². The molecule has 4 rings (SSSR count). The van der Waals surface area contributed by atoms with Crippen molar-refractivity contribution in [2.45, 2.75) is 31.9 Å². The summed E-state index contributed by atoms with van der Waals surface area (Å²) < 4.78 is 6.62. The van der Waals surface area contributed by atoms with Gasteiger partial charge in [-0.15, -0.1) is 0 Å². The number of nitrogens with zero attached hydrogens (tertiary/aromatic N) is 2. The second-order valence-corrected chi connectivity index (χ2v) is 7.69. The zero-order chi connectivity index (χ0) is 18.8. The fraction of sp³-hybridized carbons (Fsp3) is 0.286. The Hall–Kier alpha value is -2.31. The SMILES string of the molecule is C[C@@H](NC(=O)c1cc(-c2cccnc2)nc2ccc(Br)cc12)[C@@H]1CCCO1. The van der Waals surface area contributed by atoms with E-state index in [0.717, 1.165) is 46.1 Å². The van der Waals surface area contributed by atoms with Gasteiger partial charge in [-0.1, -0.05) is 15.9 Å². The molecule has 0 unspecified atom stereocenters. The normalized spacial score (nSPS) is 17.8. The molecule has 1 aliphatic heterocycles. The number of carbonyl (C=O) groups is 1. The summed E-state index contributed by atoms with van der Waals surface area (Å²) in [5.74, 6) is -0.117. The first kappa shape index (κ1) is 18.1. The maximum absolute atomic E-state index is 13.1. The lowest BCUT2D eigenvalue weighted by Gasteiger charge is -2.20. The number of hydrogen-bond donors (Lipinski definition) is 1. The molecule has 3 heterocycles. The number of carbonyl (C=O) groups excluding carboxylic acids is 1. The fourth-order valence-electron chi connectivity index (χ4n) is 3.42. The Morgan fingerprint density at radius 1 is 1.33 bits per heavy atom. The third-order valence-corrected chi connectivity index (χ3v) is 5.35. The van der Waals surface area contributed by atoms with Gasteiger partial charge in [0.1, 0.15) is 0 Å². The molecular weight excluding hydrogens is 406 g/mol. The van der Waals surface area contributed by atoms with Gasteiger partial charge in [0.25, 0.3) is 5.91 Å². The Morgan fingerprint density at radius 3 is 2.96 bits per heavy atom. The van der Waals surface area contributed by atoms with Crippen LogP contribution in [0.3, 0.4) is 0 Å². The third kappa shape index (κ3) is 3.87. The summed E-state index contributed by atoms with van der Waals surface area (Å²) >= 11 is 3.49. The van der Waals surface area contributed by atoms with Crippen LogP contribution in [0.15, 0.2) is 53.3 Å². The van der Waals surface area contributed by atoms with Crippen LogP contribution in [0.4, 0.5) is 0 Å². The second kappa shape index (κ2) is 7.74. The predicted octanol–water partition coefficient (Wildman–Crippen LogP) is 4.36. The van der Waals surface area contributed by atoms with E-state index in [4.69, 9.17) is 9.72 Å². The van der Waals surface area contributed by atoms with E-state index < -0.39 is 0 Å². The molecule has 6 heteroatoms. The molecule has 0 radical (unpaired) electrons. The Kier molecular flexibility index (Phi) is 5.18. The van der Waals surface area contributed by atoms with Crippen molar-refractivity contribution >= 4 is 32.7 Å². The smallest absolute Gasteiger partial charge is 0.252 e. The molecule has 0 bridgehead atoms. The van der Waals surface area contributed by atoms with Crippen molar-refractivity contribution in [3.63, 3.8) is 0 Å². The minimum atomic E-state index is -0.117. The van der Waals surface area contributed by atoms with Gasteiger partial charge in [-0.3, -0.25) is 9.78 Å². The number of fused-ring (bicyclic) bond motifs is 1. The standard InChI is InChI=1S/C21H20BrN3O2/c1-13(20-5-3-9-27-20)24-21(26)17-11-19(14-4-2-8-23-12-14)25-18-7-6-15(22)10-16(17)18/h2,4,6-8,10-13,20H,3,5,9H2,1H3,(H,24,26)/t13-,20+/m1/s1. The van der Waals surface area contributed by atoms with Crippen molar-refractivity contribution < 1.29 is 9.53 Å². The molecule has 0 aliphatic carbocycles. The molecule has 1 amide bonds. The van der Waals surface area contributed by atoms with Crippen molar-refractivity contribution in [2.24, 2.45) is 0 Å². The number of hydrogen-bond acceptors (Lipinski definition) is 4. The van der Waals surface area contributed by atoms with Crippen LogP contribution in [0, 0.1) is 0 Å². The molecule has 0 saturated carbocycles. The van der Waals surface area contributed by atoms with Gasteiger partial charge in [0, 0.05) is 34.4 Å². The van der Waals surface area contributed by atoms with Gasteiger partial charge in [-0.2, -0.15) is 0 Å². The van der Waals surface area contributed by atoms with E-state index in [-0.39, 0.29) is 18.1 Å². The summed E-state index contributed by atoms with van der Waals surface area (Å²) in [4.78, 5) is 22.0. The van der Waals surface area contributed by atoms with Crippen molar-refractivity contribution in [3.8, 4) is 11.3 Å². The molecule has 1 saturated heterocycles. The average Bonchev–Trinajstić information content (AvgIpc) is 3.23. The summed E-state index contributed by atoms with van der Waals surface area (Å²) in [6.45, 7) is 2.76. The number of ether oxygens (including phenoxy) is 1. The minimum Gasteiger partial charge on any atom is -0.376 e. The number of amides is 1. The van der Waals surface area contributed by atoms with E-state index in [9.17, 15) is 4.79 Å². The average molecular weight is 426 g/mol. The first-order valence-electron chi connectivity index (χ1n) is 9.05. The minimum absolute atomic E-state index is 0.0442. The summed E-state index contributed by atoms with van der Waals surface area (Å²) in [5, 5.41) is 3.92. The number of halogens is 1. The molecule has 0 spiro atoms. The highest BCUT2D eigenvalue weighted by Gasteiger charge is 2.25. The number of benzene rings is 1. The van der Waals surface area contributed by atoms with Gasteiger partial charge in [0.15, 0.2) is 0 Å². The van der Waals surface area contributed by atoms with E-state index in [1.165, 1.54) is 0 Å². The van der Waals surface area contributed by atoms with Crippen LogP contribution in [0.1, 0.15) is 30.1 Å². The van der Waals surface area contributed by atoms with Gasteiger partial charge in [0.2, 0.25) is 0 Å². The molecule has 1 aromatic carbocycles. The molecule has 5 nitrogen and oxygen atoms in total. The first-order chi connectivity index (χ1) is 13.1. The van der Waals surface area contributed by atoms with E-state index >= 15 is 0 Å². The van der Waals surface area contributed by atoms with Crippen LogP contribution in [-0.2, 0) is 4.74 Å². The Morgan fingerprint density at radius 2 is 2.22 bits per heavy atom. The van der Waals surface area contributed by atoms with Gasteiger partial charge in [-0.25, -0.2) is 4.98 Å². The van der Waals surface area contributed by atoms with E-state index in [1.54, 1.807) is 12.4 Å². The van der Waals surface area contributed by atoms with Gasteiger partial charge < -0.3 is 10.1 Å². The first-order valence-corrected chi connectivity index (χ1v) is 9.84. The summed E-state index contributed by atoms with van der Waals surface area (Å²) in [6.07, 6.45) is 5.57. The van der Waals surface area contributed by atoms with Gasteiger partial charge >= 0.3 is 0 Å². The molecule has 27 heavy (non-hydrogen) atoms. The lowest BCUT2D eigenvalue weighted by Crippen LogP contribution is -2.40. The highest BCUT2D eigenvalue weighted by Crippen LogP contribution is 2.27. The molecule has 1 aliphatic rings. The zero-order valence-electron chi connectivity index (χ0n) is 15.0. The van der Waals surface area contributed by atoms with E-state index in [1.807, 2.05) is 43.3 Å². The summed E-state index contributed by atoms with van der Waals surface area (Å²) in [6, 6.07) is 11.4. The zero-order valence-corrected chi connectivity index (χ0v) is 16.6. The third-order valence-electron chi connectivity index (χ3n) is 4.85. The van der Waals surface area contributed by atoms with Crippen LogP contribution in [0.5, 0.6) is 0 Å². The fourth-order valence-corrected chi connectivity index (χ4v) is 3.78. The highest BCUT2D eigenvalue weighted by atomic mass is 79.9. The maximum atomic E-state index is 13.1. The molecular formula is C21H20BrN3O2. The number of rotatable bonds is 4. The molecule has 3 aromatic rings. The Bertz CT molecular complexity index is 972.